The fraction of sp³-hybridized carbons (Fsp3) is 0.143. The average Bonchev–Trinajstić information content (AvgIpc) is 2.47. The summed E-state index contributed by atoms with van der Waals surface area (Å²) in [5.41, 5.74) is 7.11. The molecule has 0 bridgehead atoms. The van der Waals surface area contributed by atoms with E-state index in [-0.39, 0.29) is 16.6 Å². The highest BCUT2D eigenvalue weighted by atomic mass is 35.5. The Bertz CT molecular complexity index is 632. The van der Waals surface area contributed by atoms with Crippen LogP contribution in [0, 0.1) is 0 Å². The van der Waals surface area contributed by atoms with E-state index in [2.05, 4.69) is 10.3 Å². The molecule has 0 saturated carbocycles. The molecule has 1 heterocycles. The second kappa shape index (κ2) is 6.25. The van der Waals surface area contributed by atoms with E-state index in [0.29, 0.717) is 18.0 Å². The minimum atomic E-state index is -0.333. The monoisotopic (exact) mass is 291 g/mol. The van der Waals surface area contributed by atoms with Crippen LogP contribution in [0.25, 0.3) is 0 Å². The van der Waals surface area contributed by atoms with Crippen molar-refractivity contribution in [2.45, 2.75) is 6.54 Å². The fourth-order valence-corrected chi connectivity index (χ4v) is 1.93. The summed E-state index contributed by atoms with van der Waals surface area (Å²) in [5, 5.41) is 2.88. The maximum atomic E-state index is 12.1. The third-order valence-electron chi connectivity index (χ3n) is 2.74. The number of amides is 1. The van der Waals surface area contributed by atoms with Crippen molar-refractivity contribution in [2.24, 2.45) is 0 Å². The van der Waals surface area contributed by atoms with Gasteiger partial charge in [0.05, 0.1) is 24.6 Å². The Kier molecular flexibility index (Phi) is 4.42. The molecule has 0 atom stereocenters. The number of carbonyl (C=O) groups excluding carboxylic acids is 1. The van der Waals surface area contributed by atoms with Gasteiger partial charge in [0.2, 0.25) is 0 Å². The summed E-state index contributed by atoms with van der Waals surface area (Å²) in [7, 11) is 1.58. The van der Waals surface area contributed by atoms with E-state index in [1.807, 2.05) is 24.3 Å². The van der Waals surface area contributed by atoms with E-state index in [1.54, 1.807) is 7.11 Å². The number of rotatable bonds is 4. The normalized spacial score (nSPS) is 10.1. The zero-order valence-corrected chi connectivity index (χ0v) is 11.6. The number of anilines is 1. The lowest BCUT2D eigenvalue weighted by Crippen LogP contribution is -2.23. The molecule has 0 fully saturated rings. The lowest BCUT2D eigenvalue weighted by molar-refractivity contribution is 0.0950. The predicted molar refractivity (Wildman–Crippen MR) is 77.8 cm³/mol. The van der Waals surface area contributed by atoms with Crippen molar-refractivity contribution in [2.75, 3.05) is 12.8 Å². The molecule has 20 heavy (non-hydrogen) atoms. The number of nitrogen functional groups attached to an aromatic ring is 1. The molecule has 0 aliphatic heterocycles. The minimum Gasteiger partial charge on any atom is -0.496 e. The Balaban J connectivity index is 2.11. The summed E-state index contributed by atoms with van der Waals surface area (Å²) < 4.78 is 5.22. The van der Waals surface area contributed by atoms with Gasteiger partial charge < -0.3 is 15.8 Å². The molecule has 2 rings (SSSR count). The van der Waals surface area contributed by atoms with Crippen LogP contribution >= 0.6 is 11.6 Å². The van der Waals surface area contributed by atoms with Gasteiger partial charge in [-0.25, -0.2) is 4.98 Å². The molecule has 3 N–H and O–H groups in total. The molecule has 5 nitrogen and oxygen atoms in total. The summed E-state index contributed by atoms with van der Waals surface area (Å²) in [6.45, 7) is 0.327. The Morgan fingerprint density at radius 3 is 2.95 bits per heavy atom. The fourth-order valence-electron chi connectivity index (χ4n) is 1.74. The number of hydrogen-bond donors (Lipinski definition) is 2. The van der Waals surface area contributed by atoms with Gasteiger partial charge >= 0.3 is 0 Å². The molecule has 1 amide bonds. The highest BCUT2D eigenvalue weighted by Gasteiger charge is 2.12. The second-order valence-corrected chi connectivity index (χ2v) is 4.46. The van der Waals surface area contributed by atoms with Crippen molar-refractivity contribution in [3.05, 3.63) is 52.8 Å². The van der Waals surface area contributed by atoms with Crippen molar-refractivity contribution in [3.8, 4) is 5.75 Å². The number of para-hydroxylation sites is 1. The Morgan fingerprint density at radius 2 is 2.20 bits per heavy atom. The molecule has 0 radical (unpaired) electrons. The number of nitrogens with one attached hydrogen (secondary N) is 1. The quantitative estimate of drug-likeness (QED) is 0.847. The Morgan fingerprint density at radius 1 is 1.45 bits per heavy atom. The van der Waals surface area contributed by atoms with Gasteiger partial charge in [-0.2, -0.15) is 0 Å². The summed E-state index contributed by atoms with van der Waals surface area (Å²) in [5.74, 6) is 0.380. The van der Waals surface area contributed by atoms with Crippen molar-refractivity contribution in [1.82, 2.24) is 10.3 Å². The number of aromatic nitrogens is 1. The summed E-state index contributed by atoms with van der Waals surface area (Å²) in [6.07, 6.45) is 1.40. The third-order valence-corrected chi connectivity index (χ3v) is 3.04. The number of hydrogen-bond acceptors (Lipinski definition) is 4. The summed E-state index contributed by atoms with van der Waals surface area (Å²) >= 11 is 5.88. The number of benzene rings is 1. The summed E-state index contributed by atoms with van der Waals surface area (Å²) in [6, 6.07) is 8.93. The van der Waals surface area contributed by atoms with Gasteiger partial charge in [-0.3, -0.25) is 4.79 Å². The van der Waals surface area contributed by atoms with Gasteiger partial charge in [0.25, 0.3) is 5.91 Å². The average molecular weight is 292 g/mol. The molecule has 0 unspecified atom stereocenters. The van der Waals surface area contributed by atoms with E-state index in [0.717, 1.165) is 5.56 Å². The number of nitrogens with two attached hydrogens (primary N) is 1. The van der Waals surface area contributed by atoms with Crippen molar-refractivity contribution >= 4 is 23.2 Å². The number of carbonyl (C=O) groups is 1. The van der Waals surface area contributed by atoms with Crippen LogP contribution in [0.4, 0.5) is 5.69 Å². The molecule has 6 heteroatoms. The van der Waals surface area contributed by atoms with Gasteiger partial charge in [-0.1, -0.05) is 29.8 Å². The SMILES string of the molecule is COc1ccccc1CNC(=O)c1cc(N)cnc1Cl. The van der Waals surface area contributed by atoms with Crippen molar-refractivity contribution in [3.63, 3.8) is 0 Å². The van der Waals surface area contributed by atoms with Gasteiger partial charge in [0, 0.05) is 12.1 Å². The van der Waals surface area contributed by atoms with Crippen LogP contribution in [0.2, 0.25) is 5.15 Å². The molecule has 0 aliphatic carbocycles. The summed E-state index contributed by atoms with van der Waals surface area (Å²) in [4.78, 5) is 15.9. The Hall–Kier alpha value is -2.27. The first-order valence-electron chi connectivity index (χ1n) is 5.93. The van der Waals surface area contributed by atoms with Gasteiger partial charge in [0.15, 0.2) is 0 Å². The van der Waals surface area contributed by atoms with E-state index < -0.39 is 0 Å². The van der Waals surface area contributed by atoms with Crippen molar-refractivity contribution in [1.29, 1.82) is 0 Å². The third kappa shape index (κ3) is 3.19. The molecular weight excluding hydrogens is 278 g/mol. The van der Waals surface area contributed by atoms with Gasteiger partial charge in [0.1, 0.15) is 10.9 Å². The molecule has 0 spiro atoms. The lowest BCUT2D eigenvalue weighted by Gasteiger charge is -2.10. The highest BCUT2D eigenvalue weighted by molar-refractivity contribution is 6.32. The second-order valence-electron chi connectivity index (χ2n) is 4.10. The van der Waals surface area contributed by atoms with Crippen molar-refractivity contribution < 1.29 is 9.53 Å². The molecule has 0 saturated heterocycles. The predicted octanol–water partition coefficient (Wildman–Crippen LogP) is 2.26. The number of pyridine rings is 1. The first-order chi connectivity index (χ1) is 9.61. The molecule has 1 aromatic heterocycles. The largest absolute Gasteiger partial charge is 0.496 e. The van der Waals surface area contributed by atoms with E-state index >= 15 is 0 Å². The minimum absolute atomic E-state index is 0.122. The number of methoxy groups -OCH3 is 1. The molecule has 104 valence electrons. The topological polar surface area (TPSA) is 77.2 Å². The van der Waals surface area contributed by atoms with Crippen LogP contribution in [0.15, 0.2) is 36.5 Å². The van der Waals surface area contributed by atoms with E-state index in [1.165, 1.54) is 12.3 Å². The van der Waals surface area contributed by atoms with Crippen LogP contribution in [0.5, 0.6) is 5.75 Å². The van der Waals surface area contributed by atoms with Gasteiger partial charge in [-0.15, -0.1) is 0 Å². The van der Waals surface area contributed by atoms with Crippen LogP contribution < -0.4 is 15.8 Å². The van der Waals surface area contributed by atoms with Crippen LogP contribution in [-0.4, -0.2) is 18.0 Å². The maximum Gasteiger partial charge on any atom is 0.254 e. The number of nitrogens with zero attached hydrogens (tertiary/aromatic N) is 1. The standard InChI is InChI=1S/C14H14ClN3O2/c1-20-12-5-3-2-4-9(12)7-18-14(19)11-6-10(16)8-17-13(11)15/h2-6,8H,7,16H2,1H3,(H,18,19). The number of halogens is 1. The van der Waals surface area contributed by atoms with Crippen LogP contribution in [0.3, 0.4) is 0 Å². The van der Waals surface area contributed by atoms with Crippen LogP contribution in [0.1, 0.15) is 15.9 Å². The van der Waals surface area contributed by atoms with Gasteiger partial charge in [-0.05, 0) is 12.1 Å². The zero-order valence-electron chi connectivity index (χ0n) is 10.9. The first kappa shape index (κ1) is 14.1. The highest BCUT2D eigenvalue weighted by Crippen LogP contribution is 2.18. The Labute approximate surface area is 121 Å². The molecule has 0 aliphatic rings. The smallest absolute Gasteiger partial charge is 0.254 e. The van der Waals surface area contributed by atoms with E-state index in [9.17, 15) is 4.79 Å². The zero-order chi connectivity index (χ0) is 14.5. The lowest BCUT2D eigenvalue weighted by atomic mass is 10.2. The van der Waals surface area contributed by atoms with E-state index in [4.69, 9.17) is 22.1 Å². The molecule has 1 aromatic carbocycles. The maximum absolute atomic E-state index is 12.1. The first-order valence-corrected chi connectivity index (χ1v) is 6.30. The number of ether oxygens (including phenoxy) is 1. The molecular formula is C14H14ClN3O2. The van der Waals surface area contributed by atoms with Crippen LogP contribution in [-0.2, 0) is 6.54 Å². The molecule has 2 aromatic rings.